The molecule has 0 bridgehead atoms. The fourth-order valence-electron chi connectivity index (χ4n) is 4.12. The van der Waals surface area contributed by atoms with E-state index in [0.29, 0.717) is 29.8 Å². The molecule has 0 aromatic heterocycles. The van der Waals surface area contributed by atoms with Gasteiger partial charge in [0, 0.05) is 38.2 Å². The van der Waals surface area contributed by atoms with E-state index in [1.54, 1.807) is 31.3 Å². The van der Waals surface area contributed by atoms with Gasteiger partial charge in [0.05, 0.1) is 6.04 Å². The topological polar surface area (TPSA) is 61.9 Å². The Bertz CT molecular complexity index is 638. The van der Waals surface area contributed by atoms with Gasteiger partial charge in [0.25, 0.3) is 5.91 Å². The molecule has 1 atom stereocenters. The number of rotatable bonds is 6. The highest BCUT2D eigenvalue weighted by atomic mass is 35.5. The van der Waals surface area contributed by atoms with E-state index in [0.717, 1.165) is 25.9 Å². The van der Waals surface area contributed by atoms with Gasteiger partial charge in [-0.2, -0.15) is 0 Å². The van der Waals surface area contributed by atoms with Crippen LogP contribution in [0.15, 0.2) is 24.3 Å². The highest BCUT2D eigenvalue weighted by Gasteiger charge is 2.36. The molecule has 1 aromatic carbocycles. The lowest BCUT2D eigenvalue weighted by Crippen LogP contribution is -2.58. The van der Waals surface area contributed by atoms with E-state index < -0.39 is 0 Å². The van der Waals surface area contributed by atoms with Crippen molar-refractivity contribution < 1.29 is 14.3 Å². The second-order valence-corrected chi connectivity index (χ2v) is 7.70. The fraction of sp³-hybridized carbons (Fsp3) is 0.600. The largest absolute Gasteiger partial charge is 0.484 e. The molecular formula is C20H28ClN3O3. The van der Waals surface area contributed by atoms with Crippen LogP contribution in [-0.2, 0) is 9.59 Å². The van der Waals surface area contributed by atoms with Gasteiger partial charge in [0.1, 0.15) is 5.75 Å². The summed E-state index contributed by atoms with van der Waals surface area (Å²) in [5, 5.41) is 3.46. The number of nitrogens with one attached hydrogen (secondary N) is 1. The first kappa shape index (κ1) is 20.0. The summed E-state index contributed by atoms with van der Waals surface area (Å²) in [5.74, 6) is 1.14. The minimum Gasteiger partial charge on any atom is -0.484 e. The molecular weight excluding hydrogens is 366 g/mol. The molecule has 1 aromatic rings. The third-order valence-electron chi connectivity index (χ3n) is 5.60. The van der Waals surface area contributed by atoms with Gasteiger partial charge in [-0.25, -0.2) is 0 Å². The summed E-state index contributed by atoms with van der Waals surface area (Å²) in [7, 11) is 1.71. The molecule has 1 saturated carbocycles. The predicted octanol–water partition coefficient (Wildman–Crippen LogP) is 2.17. The van der Waals surface area contributed by atoms with Gasteiger partial charge in [-0.05, 0) is 43.0 Å². The van der Waals surface area contributed by atoms with E-state index in [9.17, 15) is 9.59 Å². The Morgan fingerprint density at radius 1 is 1.15 bits per heavy atom. The molecule has 27 heavy (non-hydrogen) atoms. The minimum absolute atomic E-state index is 0.0170. The molecule has 1 heterocycles. The number of ether oxygens (including phenoxy) is 1. The predicted molar refractivity (Wildman–Crippen MR) is 105 cm³/mol. The van der Waals surface area contributed by atoms with Crippen molar-refractivity contribution in [3.63, 3.8) is 0 Å². The average Bonchev–Trinajstić information content (AvgIpc) is 3.22. The van der Waals surface area contributed by atoms with Crippen molar-refractivity contribution in [3.8, 4) is 5.75 Å². The number of piperazine rings is 1. The van der Waals surface area contributed by atoms with E-state index in [-0.39, 0.29) is 24.5 Å². The summed E-state index contributed by atoms with van der Waals surface area (Å²) in [5.41, 5.74) is 0. The van der Waals surface area contributed by atoms with Crippen molar-refractivity contribution in [2.24, 2.45) is 5.92 Å². The van der Waals surface area contributed by atoms with Gasteiger partial charge in [-0.3, -0.25) is 14.5 Å². The number of benzene rings is 1. The second kappa shape index (κ2) is 9.42. The molecule has 2 amide bonds. The van der Waals surface area contributed by atoms with Gasteiger partial charge in [-0.15, -0.1) is 0 Å². The van der Waals surface area contributed by atoms with Crippen molar-refractivity contribution in [2.45, 2.75) is 31.7 Å². The van der Waals surface area contributed by atoms with Gasteiger partial charge >= 0.3 is 0 Å². The number of halogens is 1. The van der Waals surface area contributed by atoms with E-state index in [1.165, 1.54) is 12.8 Å². The van der Waals surface area contributed by atoms with Crippen LogP contribution in [0, 0.1) is 5.92 Å². The number of likely N-dealkylation sites (N-methyl/N-ethyl adjacent to an activating group) is 1. The number of nitrogens with zero attached hydrogens (tertiary/aromatic N) is 2. The third-order valence-corrected chi connectivity index (χ3v) is 5.85. The molecule has 6 nitrogen and oxygen atoms in total. The maximum Gasteiger partial charge on any atom is 0.260 e. The summed E-state index contributed by atoms with van der Waals surface area (Å²) >= 11 is 5.85. The third kappa shape index (κ3) is 5.14. The van der Waals surface area contributed by atoms with Crippen LogP contribution in [0.1, 0.15) is 25.7 Å². The second-order valence-electron chi connectivity index (χ2n) is 7.26. The molecule has 148 valence electrons. The molecule has 1 saturated heterocycles. The zero-order valence-electron chi connectivity index (χ0n) is 15.8. The van der Waals surface area contributed by atoms with Crippen LogP contribution in [0.2, 0.25) is 5.02 Å². The van der Waals surface area contributed by atoms with Crippen LogP contribution >= 0.6 is 11.6 Å². The van der Waals surface area contributed by atoms with E-state index in [4.69, 9.17) is 16.3 Å². The van der Waals surface area contributed by atoms with Crippen LogP contribution in [0.5, 0.6) is 5.75 Å². The number of amides is 2. The smallest absolute Gasteiger partial charge is 0.260 e. The molecule has 1 N–H and O–H groups in total. The van der Waals surface area contributed by atoms with Crippen LogP contribution < -0.4 is 10.1 Å². The van der Waals surface area contributed by atoms with E-state index in [1.807, 2.05) is 4.90 Å². The van der Waals surface area contributed by atoms with Crippen LogP contribution in [-0.4, -0.2) is 67.5 Å². The Morgan fingerprint density at radius 2 is 1.78 bits per heavy atom. The number of hydrogen-bond donors (Lipinski definition) is 1. The molecule has 1 aliphatic heterocycles. The maximum atomic E-state index is 12.4. The highest BCUT2D eigenvalue weighted by molar-refractivity contribution is 6.30. The zero-order valence-corrected chi connectivity index (χ0v) is 16.6. The van der Waals surface area contributed by atoms with Crippen LogP contribution in [0.3, 0.4) is 0 Å². The monoisotopic (exact) mass is 393 g/mol. The Morgan fingerprint density at radius 3 is 2.37 bits per heavy atom. The number of carbonyl (C=O) groups is 2. The Kier molecular flexibility index (Phi) is 6.96. The molecule has 3 rings (SSSR count). The lowest BCUT2D eigenvalue weighted by Gasteiger charge is -2.40. The van der Waals surface area contributed by atoms with Gasteiger partial charge in [0.15, 0.2) is 6.61 Å². The van der Waals surface area contributed by atoms with Gasteiger partial charge < -0.3 is 15.0 Å². The lowest BCUT2D eigenvalue weighted by molar-refractivity contribution is -0.137. The van der Waals surface area contributed by atoms with E-state index in [2.05, 4.69) is 10.2 Å². The van der Waals surface area contributed by atoms with Crippen molar-refractivity contribution in [1.29, 1.82) is 0 Å². The van der Waals surface area contributed by atoms with Crippen molar-refractivity contribution >= 4 is 23.4 Å². The van der Waals surface area contributed by atoms with Crippen molar-refractivity contribution in [2.75, 3.05) is 39.8 Å². The Hall–Kier alpha value is -1.79. The first-order valence-electron chi connectivity index (χ1n) is 9.70. The lowest BCUT2D eigenvalue weighted by atomic mass is 9.95. The standard InChI is InChI=1S/C20H28ClN3O3/c1-22-20(26)19(15-4-2-3-5-15)24-12-10-23(11-13-24)18(25)14-27-17-8-6-16(21)7-9-17/h6-9,15,19H,2-5,10-14H2,1H3,(H,22,26)/t19-/m0/s1. The summed E-state index contributed by atoms with van der Waals surface area (Å²) in [6.45, 7) is 2.72. The first-order chi connectivity index (χ1) is 13.1. The SMILES string of the molecule is CNC(=O)[C@H](C1CCCC1)N1CCN(C(=O)COc2ccc(Cl)cc2)CC1. The maximum absolute atomic E-state index is 12.4. The zero-order chi connectivity index (χ0) is 19.2. The number of carbonyl (C=O) groups excluding carboxylic acids is 2. The van der Waals surface area contributed by atoms with Crippen LogP contribution in [0.4, 0.5) is 0 Å². The highest BCUT2D eigenvalue weighted by Crippen LogP contribution is 2.31. The Balaban J connectivity index is 1.50. The van der Waals surface area contributed by atoms with Crippen molar-refractivity contribution in [1.82, 2.24) is 15.1 Å². The molecule has 2 fully saturated rings. The summed E-state index contributed by atoms with van der Waals surface area (Å²) in [4.78, 5) is 28.9. The minimum atomic E-state index is -0.0694. The number of hydrogen-bond acceptors (Lipinski definition) is 4. The fourth-order valence-corrected chi connectivity index (χ4v) is 4.24. The normalized spacial score (nSPS) is 19.7. The molecule has 0 radical (unpaired) electrons. The van der Waals surface area contributed by atoms with Gasteiger partial charge in [-0.1, -0.05) is 24.4 Å². The quantitative estimate of drug-likeness (QED) is 0.804. The summed E-state index contributed by atoms with van der Waals surface area (Å²) < 4.78 is 5.56. The van der Waals surface area contributed by atoms with Crippen LogP contribution in [0.25, 0.3) is 0 Å². The molecule has 0 spiro atoms. The Labute approximate surface area is 165 Å². The van der Waals surface area contributed by atoms with E-state index >= 15 is 0 Å². The molecule has 0 unspecified atom stereocenters. The average molecular weight is 394 g/mol. The van der Waals surface area contributed by atoms with Crippen molar-refractivity contribution in [3.05, 3.63) is 29.3 Å². The molecule has 1 aliphatic carbocycles. The molecule has 2 aliphatic rings. The first-order valence-corrected chi connectivity index (χ1v) is 10.1. The summed E-state index contributed by atoms with van der Waals surface area (Å²) in [6, 6.07) is 6.91. The van der Waals surface area contributed by atoms with Gasteiger partial charge in [0.2, 0.25) is 5.91 Å². The molecule has 7 heteroatoms. The summed E-state index contributed by atoms with van der Waals surface area (Å²) in [6.07, 6.45) is 4.65.